The zero-order valence-corrected chi connectivity index (χ0v) is 20.8. The van der Waals surface area contributed by atoms with Gasteiger partial charge in [-0.15, -0.1) is 5.10 Å². The Morgan fingerprint density at radius 1 is 1.11 bits per heavy atom. The summed E-state index contributed by atoms with van der Waals surface area (Å²) in [5.41, 5.74) is 5.02. The third kappa shape index (κ3) is 4.80. The molecule has 0 radical (unpaired) electrons. The lowest BCUT2D eigenvalue weighted by Crippen LogP contribution is -2.53. The third-order valence-corrected chi connectivity index (χ3v) is 7.13. The van der Waals surface area contributed by atoms with Gasteiger partial charge in [0.25, 0.3) is 0 Å². The first kappa shape index (κ1) is 23.5. The number of fused-ring (bicyclic) bond motifs is 1. The van der Waals surface area contributed by atoms with Crippen molar-refractivity contribution in [3.05, 3.63) is 69.8 Å². The van der Waals surface area contributed by atoms with E-state index in [0.717, 1.165) is 66.8 Å². The van der Waals surface area contributed by atoms with E-state index in [1.54, 1.807) is 13.1 Å². The lowest BCUT2D eigenvalue weighted by atomic mass is 10.0. The predicted octanol–water partition coefficient (Wildman–Crippen LogP) is 3.89. The van der Waals surface area contributed by atoms with Crippen LogP contribution in [0.4, 0.5) is 11.6 Å². The highest BCUT2D eigenvalue weighted by atomic mass is 35.5. The van der Waals surface area contributed by atoms with Crippen LogP contribution in [0.15, 0.2) is 36.7 Å². The molecule has 9 heteroatoms. The number of esters is 1. The van der Waals surface area contributed by atoms with Crippen LogP contribution in [0.5, 0.6) is 0 Å². The molecule has 3 aromatic rings. The van der Waals surface area contributed by atoms with Crippen LogP contribution in [0, 0.1) is 0 Å². The highest BCUT2D eigenvalue weighted by Gasteiger charge is 2.31. The summed E-state index contributed by atoms with van der Waals surface area (Å²) >= 11 is 6.41. The van der Waals surface area contributed by atoms with Crippen LogP contribution in [-0.2, 0) is 24.0 Å². The first-order valence-electron chi connectivity index (χ1n) is 12.2. The number of aromatic nitrogens is 4. The van der Waals surface area contributed by atoms with Gasteiger partial charge in [0.1, 0.15) is 5.82 Å². The van der Waals surface area contributed by atoms with Crippen molar-refractivity contribution < 1.29 is 9.53 Å². The molecule has 0 N–H and O–H groups in total. The molecular formula is C26H29ClN6O2. The molecule has 0 amide bonds. The molecule has 35 heavy (non-hydrogen) atoms. The minimum Gasteiger partial charge on any atom is -0.461 e. The number of hydrogen-bond donors (Lipinski definition) is 0. The van der Waals surface area contributed by atoms with Gasteiger partial charge >= 0.3 is 5.97 Å². The molecule has 2 aromatic heterocycles. The number of hydrogen-bond acceptors (Lipinski definition) is 8. The topological polar surface area (TPSA) is 84.3 Å². The van der Waals surface area contributed by atoms with Gasteiger partial charge in [0.2, 0.25) is 0 Å². The van der Waals surface area contributed by atoms with Gasteiger partial charge in [-0.1, -0.05) is 29.8 Å². The van der Waals surface area contributed by atoms with Gasteiger partial charge in [0.15, 0.2) is 11.5 Å². The van der Waals surface area contributed by atoms with Gasteiger partial charge in [-0.2, -0.15) is 5.10 Å². The van der Waals surface area contributed by atoms with Gasteiger partial charge < -0.3 is 14.5 Å². The van der Waals surface area contributed by atoms with Crippen molar-refractivity contribution in [1.82, 2.24) is 20.2 Å². The van der Waals surface area contributed by atoms with Crippen LogP contribution in [0.1, 0.15) is 53.1 Å². The van der Waals surface area contributed by atoms with Gasteiger partial charge in [0, 0.05) is 42.7 Å². The number of ether oxygens (including phenoxy) is 1. The molecule has 2 aliphatic rings. The molecule has 1 fully saturated rings. The number of carbonyl (C=O) groups is 1. The fourth-order valence-corrected chi connectivity index (χ4v) is 5.21. The summed E-state index contributed by atoms with van der Waals surface area (Å²) in [4.78, 5) is 25.1. The molecule has 1 aliphatic heterocycles. The molecule has 1 unspecified atom stereocenters. The maximum Gasteiger partial charge on any atom is 0.358 e. The Hall–Kier alpha value is -3.26. The number of carbonyl (C=O) groups excluding carboxylic acids is 1. The fourth-order valence-electron chi connectivity index (χ4n) is 5.01. The van der Waals surface area contributed by atoms with Crippen molar-refractivity contribution in [3.8, 4) is 0 Å². The quantitative estimate of drug-likeness (QED) is 0.479. The van der Waals surface area contributed by atoms with Crippen molar-refractivity contribution in [1.29, 1.82) is 0 Å². The first-order chi connectivity index (χ1) is 17.0. The molecule has 1 saturated heterocycles. The number of piperazine rings is 1. The number of benzene rings is 1. The number of rotatable bonds is 6. The SMILES string of the molecule is CCOC(=O)c1cnc(N2CCN(c3nnc(Cc4ccccc4Cl)c4c3CCC4)C(C)C2)cn1. The van der Waals surface area contributed by atoms with Crippen LogP contribution >= 0.6 is 11.6 Å². The van der Waals surface area contributed by atoms with Crippen LogP contribution < -0.4 is 9.80 Å². The second-order valence-electron chi connectivity index (χ2n) is 9.02. The van der Waals surface area contributed by atoms with Gasteiger partial charge in [-0.3, -0.25) is 0 Å². The van der Waals surface area contributed by atoms with E-state index in [1.807, 2.05) is 18.2 Å². The minimum absolute atomic E-state index is 0.226. The van der Waals surface area contributed by atoms with Crippen molar-refractivity contribution in [3.63, 3.8) is 0 Å². The predicted molar refractivity (Wildman–Crippen MR) is 135 cm³/mol. The second kappa shape index (κ2) is 10.2. The molecule has 0 bridgehead atoms. The Morgan fingerprint density at radius 3 is 2.69 bits per heavy atom. The Morgan fingerprint density at radius 2 is 1.94 bits per heavy atom. The fraction of sp³-hybridized carbons (Fsp3) is 0.423. The van der Waals surface area contributed by atoms with E-state index in [2.05, 4.69) is 37.9 Å². The van der Waals surface area contributed by atoms with Gasteiger partial charge in [-0.05, 0) is 50.3 Å². The Balaban J connectivity index is 1.32. The number of nitrogens with zero attached hydrogens (tertiary/aromatic N) is 6. The normalized spacial score (nSPS) is 17.4. The maximum absolute atomic E-state index is 11.9. The molecule has 1 aromatic carbocycles. The second-order valence-corrected chi connectivity index (χ2v) is 9.43. The first-order valence-corrected chi connectivity index (χ1v) is 12.5. The molecule has 5 rings (SSSR count). The van der Waals surface area contributed by atoms with Crippen LogP contribution in [0.2, 0.25) is 5.02 Å². The molecule has 8 nitrogen and oxygen atoms in total. The van der Waals surface area contributed by atoms with E-state index in [-0.39, 0.29) is 11.7 Å². The third-order valence-electron chi connectivity index (χ3n) is 6.76. The van der Waals surface area contributed by atoms with E-state index in [4.69, 9.17) is 21.4 Å². The average Bonchev–Trinajstić information content (AvgIpc) is 3.37. The maximum atomic E-state index is 11.9. The Bertz CT molecular complexity index is 1220. The highest BCUT2D eigenvalue weighted by molar-refractivity contribution is 6.31. The average molecular weight is 493 g/mol. The largest absolute Gasteiger partial charge is 0.461 e. The summed E-state index contributed by atoms with van der Waals surface area (Å²) in [6.45, 7) is 6.67. The molecule has 1 aliphatic carbocycles. The molecule has 0 saturated carbocycles. The molecule has 182 valence electrons. The number of anilines is 2. The summed E-state index contributed by atoms with van der Waals surface area (Å²) in [6, 6.07) is 8.17. The van der Waals surface area contributed by atoms with Gasteiger partial charge in [-0.25, -0.2) is 14.8 Å². The van der Waals surface area contributed by atoms with Crippen molar-refractivity contribution >= 4 is 29.2 Å². The summed E-state index contributed by atoms with van der Waals surface area (Å²) in [7, 11) is 0. The molecule has 0 spiro atoms. The van der Waals surface area contributed by atoms with Crippen LogP contribution in [0.3, 0.4) is 0 Å². The van der Waals surface area contributed by atoms with Crippen LogP contribution in [0.25, 0.3) is 0 Å². The standard InChI is InChI=1S/C26H29ClN6O2/c1-3-35-26(34)23-14-29-24(15-28-23)32-11-12-33(17(2)16-32)25-20-9-6-8-19(20)22(30-31-25)13-18-7-4-5-10-21(18)27/h4-5,7,10,14-15,17H,3,6,8-9,11-13,16H2,1-2H3. The Kier molecular flexibility index (Phi) is 6.81. The van der Waals surface area contributed by atoms with E-state index < -0.39 is 5.97 Å². The minimum atomic E-state index is -0.449. The highest BCUT2D eigenvalue weighted by Crippen LogP contribution is 2.34. The van der Waals surface area contributed by atoms with E-state index in [1.165, 1.54) is 17.3 Å². The van der Waals surface area contributed by atoms with E-state index >= 15 is 0 Å². The lowest BCUT2D eigenvalue weighted by Gasteiger charge is -2.41. The van der Waals surface area contributed by atoms with Crippen molar-refractivity contribution in [2.24, 2.45) is 0 Å². The summed E-state index contributed by atoms with van der Waals surface area (Å²) in [5.74, 6) is 1.32. The lowest BCUT2D eigenvalue weighted by molar-refractivity contribution is 0.0519. The summed E-state index contributed by atoms with van der Waals surface area (Å²) in [6.07, 6.45) is 7.04. The zero-order valence-electron chi connectivity index (χ0n) is 20.1. The Labute approximate surface area is 210 Å². The molecule has 1 atom stereocenters. The smallest absolute Gasteiger partial charge is 0.358 e. The summed E-state index contributed by atoms with van der Waals surface area (Å²) < 4.78 is 5.00. The molecular weight excluding hydrogens is 464 g/mol. The zero-order chi connectivity index (χ0) is 24.4. The van der Waals surface area contributed by atoms with E-state index in [0.29, 0.717) is 13.0 Å². The van der Waals surface area contributed by atoms with E-state index in [9.17, 15) is 4.79 Å². The summed E-state index contributed by atoms with van der Waals surface area (Å²) in [5, 5.41) is 10.2. The monoisotopic (exact) mass is 492 g/mol. The van der Waals surface area contributed by atoms with Gasteiger partial charge in [0.05, 0.1) is 24.7 Å². The van der Waals surface area contributed by atoms with Crippen molar-refractivity contribution in [2.75, 3.05) is 36.0 Å². The van der Waals surface area contributed by atoms with Crippen molar-refractivity contribution in [2.45, 2.75) is 45.6 Å². The molecule has 3 heterocycles. The number of halogens is 1. The van der Waals surface area contributed by atoms with Crippen LogP contribution in [-0.4, -0.2) is 58.4 Å².